The van der Waals surface area contributed by atoms with Crippen LogP contribution in [0, 0.1) is 11.6 Å². The van der Waals surface area contributed by atoms with Gasteiger partial charge in [-0.3, -0.25) is 0 Å². The first-order chi connectivity index (χ1) is 11.9. The van der Waals surface area contributed by atoms with Gasteiger partial charge in [0, 0.05) is 30.4 Å². The molecule has 1 aromatic carbocycles. The number of aromatic nitrogens is 2. The summed E-state index contributed by atoms with van der Waals surface area (Å²) in [6.07, 6.45) is 1.91. The highest BCUT2D eigenvalue weighted by atomic mass is 32.2. The highest BCUT2D eigenvalue weighted by Crippen LogP contribution is 2.25. The standard InChI is InChI=1S/C16H18F2N4O2S/c1-2-22(12-5-6-25(23,24)9-12)16-8-15(19-10-20-16)21-11-3-4-13(17)14(18)7-11/h3-4,7-8,10,12H,2,5-6,9H2,1H3,(H,19,20,21). The van der Waals surface area contributed by atoms with E-state index in [0.717, 1.165) is 12.1 Å². The van der Waals surface area contributed by atoms with Gasteiger partial charge in [-0.15, -0.1) is 0 Å². The molecule has 2 aromatic rings. The van der Waals surface area contributed by atoms with Crippen molar-refractivity contribution in [3.8, 4) is 0 Å². The van der Waals surface area contributed by atoms with Crippen molar-refractivity contribution in [3.05, 3.63) is 42.2 Å². The number of halogens is 2. The van der Waals surface area contributed by atoms with Crippen molar-refractivity contribution >= 4 is 27.2 Å². The molecule has 1 saturated heterocycles. The van der Waals surface area contributed by atoms with Crippen LogP contribution in [0.3, 0.4) is 0 Å². The van der Waals surface area contributed by atoms with Crippen LogP contribution in [0.15, 0.2) is 30.6 Å². The Labute approximate surface area is 144 Å². The lowest BCUT2D eigenvalue weighted by Crippen LogP contribution is -2.36. The van der Waals surface area contributed by atoms with Crippen molar-refractivity contribution in [3.63, 3.8) is 0 Å². The Kier molecular flexibility index (Phi) is 4.85. The Balaban J connectivity index is 1.81. The molecule has 1 fully saturated rings. The summed E-state index contributed by atoms with van der Waals surface area (Å²) in [4.78, 5) is 10.2. The van der Waals surface area contributed by atoms with Crippen LogP contribution in [0.2, 0.25) is 0 Å². The summed E-state index contributed by atoms with van der Waals surface area (Å²) in [5.41, 5.74) is 0.357. The molecule has 0 radical (unpaired) electrons. The molecule has 0 amide bonds. The van der Waals surface area contributed by atoms with E-state index in [2.05, 4.69) is 15.3 Å². The maximum Gasteiger partial charge on any atom is 0.160 e. The van der Waals surface area contributed by atoms with Crippen molar-refractivity contribution in [1.82, 2.24) is 9.97 Å². The topological polar surface area (TPSA) is 75.2 Å². The van der Waals surface area contributed by atoms with Gasteiger partial charge in [-0.2, -0.15) is 0 Å². The summed E-state index contributed by atoms with van der Waals surface area (Å²) in [5.74, 6) is -0.588. The van der Waals surface area contributed by atoms with Gasteiger partial charge in [-0.25, -0.2) is 27.2 Å². The van der Waals surface area contributed by atoms with Gasteiger partial charge in [-0.05, 0) is 25.5 Å². The Morgan fingerprint density at radius 1 is 1.24 bits per heavy atom. The van der Waals surface area contributed by atoms with Crippen LogP contribution in [0.1, 0.15) is 13.3 Å². The van der Waals surface area contributed by atoms with Crippen LogP contribution in [-0.4, -0.2) is 42.5 Å². The lowest BCUT2D eigenvalue weighted by Gasteiger charge is -2.28. The summed E-state index contributed by atoms with van der Waals surface area (Å²) in [6, 6.07) is 5.01. The average Bonchev–Trinajstić information content (AvgIpc) is 2.92. The maximum absolute atomic E-state index is 13.3. The molecule has 1 atom stereocenters. The molecule has 2 heterocycles. The SMILES string of the molecule is CCN(c1cc(Nc2ccc(F)c(F)c2)ncn1)C1CCS(=O)(=O)C1. The number of hydrogen-bond acceptors (Lipinski definition) is 6. The van der Waals surface area contributed by atoms with Crippen LogP contribution in [0.4, 0.5) is 26.1 Å². The van der Waals surface area contributed by atoms with Crippen LogP contribution in [0.5, 0.6) is 0 Å². The minimum atomic E-state index is -3.00. The smallest absolute Gasteiger partial charge is 0.160 e. The molecule has 0 spiro atoms. The molecule has 1 aliphatic heterocycles. The van der Waals surface area contributed by atoms with Gasteiger partial charge in [0.1, 0.15) is 18.0 Å². The van der Waals surface area contributed by atoms with Gasteiger partial charge in [0.25, 0.3) is 0 Å². The third kappa shape index (κ3) is 4.04. The Bertz CT molecular complexity index is 876. The summed E-state index contributed by atoms with van der Waals surface area (Å²) < 4.78 is 49.8. The molecule has 0 bridgehead atoms. The van der Waals surface area contributed by atoms with E-state index in [1.807, 2.05) is 11.8 Å². The highest BCUT2D eigenvalue weighted by molar-refractivity contribution is 7.91. The minimum absolute atomic E-state index is 0.108. The van der Waals surface area contributed by atoms with Gasteiger partial charge in [0.15, 0.2) is 21.5 Å². The van der Waals surface area contributed by atoms with Crippen molar-refractivity contribution in [2.24, 2.45) is 0 Å². The monoisotopic (exact) mass is 368 g/mol. The van der Waals surface area contributed by atoms with E-state index in [9.17, 15) is 17.2 Å². The average molecular weight is 368 g/mol. The van der Waals surface area contributed by atoms with Crippen LogP contribution in [0.25, 0.3) is 0 Å². The molecule has 1 unspecified atom stereocenters. The Hall–Kier alpha value is -2.29. The van der Waals surface area contributed by atoms with Crippen LogP contribution in [-0.2, 0) is 9.84 Å². The predicted molar refractivity (Wildman–Crippen MR) is 91.8 cm³/mol. The van der Waals surface area contributed by atoms with E-state index in [1.54, 1.807) is 6.07 Å². The van der Waals surface area contributed by atoms with Crippen molar-refractivity contribution in [2.75, 3.05) is 28.3 Å². The molecular formula is C16H18F2N4O2S. The van der Waals surface area contributed by atoms with Gasteiger partial charge in [0.05, 0.1) is 11.5 Å². The second-order valence-electron chi connectivity index (χ2n) is 5.86. The molecule has 9 heteroatoms. The van der Waals surface area contributed by atoms with Gasteiger partial charge in [-0.1, -0.05) is 0 Å². The van der Waals surface area contributed by atoms with Crippen molar-refractivity contribution < 1.29 is 17.2 Å². The lowest BCUT2D eigenvalue weighted by atomic mass is 10.2. The zero-order chi connectivity index (χ0) is 18.0. The molecule has 0 aliphatic carbocycles. The number of nitrogens with one attached hydrogen (secondary N) is 1. The fraction of sp³-hybridized carbons (Fsp3) is 0.375. The second-order valence-corrected chi connectivity index (χ2v) is 8.09. The molecule has 25 heavy (non-hydrogen) atoms. The summed E-state index contributed by atoms with van der Waals surface area (Å²) in [6.45, 7) is 2.53. The van der Waals surface area contributed by atoms with Crippen molar-refractivity contribution in [1.29, 1.82) is 0 Å². The fourth-order valence-corrected chi connectivity index (χ4v) is 4.65. The first-order valence-corrected chi connectivity index (χ1v) is 9.71. The molecule has 0 saturated carbocycles. The predicted octanol–water partition coefficient (Wildman–Crippen LogP) is 2.51. The number of sulfone groups is 1. The Morgan fingerprint density at radius 3 is 2.68 bits per heavy atom. The second kappa shape index (κ2) is 6.91. The summed E-state index contributed by atoms with van der Waals surface area (Å²) in [5, 5.41) is 2.90. The van der Waals surface area contributed by atoms with E-state index in [-0.39, 0.29) is 17.5 Å². The first kappa shape index (κ1) is 17.5. The Morgan fingerprint density at radius 2 is 2.04 bits per heavy atom. The molecule has 134 valence electrons. The molecular weight excluding hydrogens is 350 g/mol. The largest absolute Gasteiger partial charge is 0.353 e. The first-order valence-electron chi connectivity index (χ1n) is 7.89. The zero-order valence-electron chi connectivity index (χ0n) is 13.6. The van der Waals surface area contributed by atoms with E-state index < -0.39 is 21.5 Å². The van der Waals surface area contributed by atoms with E-state index in [0.29, 0.717) is 30.3 Å². The van der Waals surface area contributed by atoms with E-state index in [4.69, 9.17) is 0 Å². The van der Waals surface area contributed by atoms with Crippen LogP contribution >= 0.6 is 0 Å². The van der Waals surface area contributed by atoms with Gasteiger partial charge < -0.3 is 10.2 Å². The zero-order valence-corrected chi connectivity index (χ0v) is 14.4. The quantitative estimate of drug-likeness (QED) is 0.874. The number of hydrogen-bond donors (Lipinski definition) is 1. The fourth-order valence-electron chi connectivity index (χ4n) is 2.92. The highest BCUT2D eigenvalue weighted by Gasteiger charge is 2.32. The lowest BCUT2D eigenvalue weighted by molar-refractivity contribution is 0.509. The number of rotatable bonds is 5. The third-order valence-electron chi connectivity index (χ3n) is 4.13. The number of nitrogens with zero attached hydrogens (tertiary/aromatic N) is 3. The van der Waals surface area contributed by atoms with Gasteiger partial charge in [0.2, 0.25) is 0 Å². The van der Waals surface area contributed by atoms with Crippen molar-refractivity contribution in [2.45, 2.75) is 19.4 Å². The third-order valence-corrected chi connectivity index (χ3v) is 5.88. The van der Waals surface area contributed by atoms with E-state index >= 15 is 0 Å². The number of anilines is 3. The molecule has 1 aliphatic rings. The minimum Gasteiger partial charge on any atom is -0.353 e. The molecule has 3 rings (SSSR count). The summed E-state index contributed by atoms with van der Waals surface area (Å²) in [7, 11) is -3.00. The normalized spacial score (nSPS) is 18.9. The molecule has 6 nitrogen and oxygen atoms in total. The maximum atomic E-state index is 13.3. The molecule has 1 aromatic heterocycles. The van der Waals surface area contributed by atoms with E-state index in [1.165, 1.54) is 12.4 Å². The molecule has 1 N–H and O–H groups in total. The van der Waals surface area contributed by atoms with Gasteiger partial charge >= 0.3 is 0 Å². The summed E-state index contributed by atoms with van der Waals surface area (Å²) >= 11 is 0. The number of benzene rings is 1. The van der Waals surface area contributed by atoms with Crippen LogP contribution < -0.4 is 10.2 Å².